The van der Waals surface area contributed by atoms with Gasteiger partial charge >= 0.3 is 0 Å². The van der Waals surface area contributed by atoms with E-state index in [9.17, 15) is 4.39 Å². The molecule has 0 saturated heterocycles. The third-order valence-corrected chi connectivity index (χ3v) is 3.86. The monoisotopic (exact) mass is 286 g/mol. The Labute approximate surface area is 126 Å². The molecule has 2 N–H and O–H groups in total. The van der Waals surface area contributed by atoms with Gasteiger partial charge in [0.15, 0.2) is 0 Å². The van der Waals surface area contributed by atoms with Crippen LogP contribution < -0.4 is 10.6 Å². The summed E-state index contributed by atoms with van der Waals surface area (Å²) in [6.07, 6.45) is 1.89. The van der Waals surface area contributed by atoms with Crippen molar-refractivity contribution in [2.45, 2.75) is 25.8 Å². The Bertz CT molecular complexity index is 548. The summed E-state index contributed by atoms with van der Waals surface area (Å²) in [5, 5.41) is 0. The lowest BCUT2D eigenvalue weighted by Gasteiger charge is -2.22. The molecule has 2 aromatic rings. The van der Waals surface area contributed by atoms with Gasteiger partial charge in [0, 0.05) is 25.3 Å². The Balaban J connectivity index is 1.90. The number of benzene rings is 2. The molecule has 21 heavy (non-hydrogen) atoms. The van der Waals surface area contributed by atoms with Crippen LogP contribution in [0.5, 0.6) is 0 Å². The molecule has 0 aliphatic rings. The van der Waals surface area contributed by atoms with Crippen molar-refractivity contribution in [1.82, 2.24) is 0 Å². The Morgan fingerprint density at radius 2 is 1.67 bits per heavy atom. The highest BCUT2D eigenvalue weighted by atomic mass is 19.1. The summed E-state index contributed by atoms with van der Waals surface area (Å²) in [7, 11) is 2.07. The van der Waals surface area contributed by atoms with E-state index in [0.29, 0.717) is 0 Å². The number of hydrogen-bond donors (Lipinski definition) is 1. The first-order valence-corrected chi connectivity index (χ1v) is 7.41. The summed E-state index contributed by atoms with van der Waals surface area (Å²) < 4.78 is 12.9. The van der Waals surface area contributed by atoms with Crippen molar-refractivity contribution in [3.8, 4) is 0 Å². The van der Waals surface area contributed by atoms with E-state index in [2.05, 4.69) is 43.1 Å². The lowest BCUT2D eigenvalue weighted by atomic mass is 10.0. The van der Waals surface area contributed by atoms with E-state index < -0.39 is 0 Å². The molecule has 2 aromatic carbocycles. The van der Waals surface area contributed by atoms with Crippen LogP contribution in [-0.4, -0.2) is 13.6 Å². The maximum atomic E-state index is 12.9. The molecule has 112 valence electrons. The lowest BCUT2D eigenvalue weighted by molar-refractivity contribution is 0.618. The minimum Gasteiger partial charge on any atom is -0.375 e. The molecule has 1 atom stereocenters. The molecule has 0 fully saturated rings. The highest BCUT2D eigenvalue weighted by molar-refractivity contribution is 5.46. The molecule has 0 saturated carbocycles. The number of halogens is 1. The largest absolute Gasteiger partial charge is 0.375 e. The van der Waals surface area contributed by atoms with E-state index in [-0.39, 0.29) is 11.9 Å². The molecule has 0 heterocycles. The van der Waals surface area contributed by atoms with E-state index in [1.165, 1.54) is 23.4 Å². The quantitative estimate of drug-likeness (QED) is 0.872. The number of anilines is 1. The topological polar surface area (TPSA) is 29.3 Å². The van der Waals surface area contributed by atoms with Crippen molar-refractivity contribution in [3.63, 3.8) is 0 Å². The zero-order valence-electron chi connectivity index (χ0n) is 12.7. The average molecular weight is 286 g/mol. The van der Waals surface area contributed by atoms with Gasteiger partial charge in [-0.05, 0) is 48.2 Å². The van der Waals surface area contributed by atoms with Crippen LogP contribution in [0.4, 0.5) is 10.1 Å². The minimum absolute atomic E-state index is 0.0667. The highest BCUT2D eigenvalue weighted by Gasteiger charge is 2.08. The lowest BCUT2D eigenvalue weighted by Crippen LogP contribution is -2.23. The first kappa shape index (κ1) is 15.5. The smallest absolute Gasteiger partial charge is 0.123 e. The number of nitrogens with zero attached hydrogens (tertiary/aromatic N) is 1. The zero-order valence-corrected chi connectivity index (χ0v) is 12.7. The summed E-state index contributed by atoms with van der Waals surface area (Å²) in [6.45, 7) is 3.02. The number of rotatable bonds is 6. The molecular formula is C18H23FN2. The molecule has 0 aliphatic heterocycles. The fourth-order valence-electron chi connectivity index (χ4n) is 2.32. The highest BCUT2D eigenvalue weighted by Crippen LogP contribution is 2.18. The Kier molecular flexibility index (Phi) is 5.34. The van der Waals surface area contributed by atoms with Crippen LogP contribution in [0, 0.1) is 5.82 Å². The summed E-state index contributed by atoms with van der Waals surface area (Å²) in [5.41, 5.74) is 9.68. The standard InChI is InChI=1S/C18H23FN2/c1-3-14-4-10-17(11-5-14)21(2)13-12-18(20)15-6-8-16(19)9-7-15/h4-11,18H,3,12-13,20H2,1-2H3. The van der Waals surface area contributed by atoms with Crippen LogP contribution in [0.2, 0.25) is 0 Å². The van der Waals surface area contributed by atoms with Gasteiger partial charge in [-0.15, -0.1) is 0 Å². The van der Waals surface area contributed by atoms with Crippen molar-refractivity contribution in [2.75, 3.05) is 18.5 Å². The van der Waals surface area contributed by atoms with Crippen LogP contribution in [0.25, 0.3) is 0 Å². The van der Waals surface area contributed by atoms with Gasteiger partial charge in [-0.25, -0.2) is 4.39 Å². The fourth-order valence-corrected chi connectivity index (χ4v) is 2.32. The summed E-state index contributed by atoms with van der Waals surface area (Å²) in [4.78, 5) is 2.20. The summed E-state index contributed by atoms with van der Waals surface area (Å²) >= 11 is 0. The maximum Gasteiger partial charge on any atom is 0.123 e. The molecule has 0 radical (unpaired) electrons. The third-order valence-electron chi connectivity index (χ3n) is 3.86. The normalized spacial score (nSPS) is 12.2. The van der Waals surface area contributed by atoms with Gasteiger partial charge < -0.3 is 10.6 Å². The van der Waals surface area contributed by atoms with Gasteiger partial charge in [0.2, 0.25) is 0 Å². The predicted molar refractivity (Wildman–Crippen MR) is 87.0 cm³/mol. The fraction of sp³-hybridized carbons (Fsp3) is 0.333. The SMILES string of the molecule is CCc1ccc(N(C)CCC(N)c2ccc(F)cc2)cc1. The molecule has 3 heteroatoms. The van der Waals surface area contributed by atoms with Crippen LogP contribution in [0.15, 0.2) is 48.5 Å². The molecule has 2 rings (SSSR count). The second-order valence-electron chi connectivity index (χ2n) is 5.39. The molecular weight excluding hydrogens is 263 g/mol. The number of hydrogen-bond acceptors (Lipinski definition) is 2. The first-order valence-electron chi connectivity index (χ1n) is 7.41. The van der Waals surface area contributed by atoms with E-state index in [1.807, 2.05) is 0 Å². The molecule has 0 bridgehead atoms. The van der Waals surface area contributed by atoms with Crippen molar-refractivity contribution in [1.29, 1.82) is 0 Å². The molecule has 0 spiro atoms. The predicted octanol–water partition coefficient (Wildman–Crippen LogP) is 3.91. The van der Waals surface area contributed by atoms with Gasteiger partial charge in [-0.2, -0.15) is 0 Å². The Morgan fingerprint density at radius 3 is 2.24 bits per heavy atom. The van der Waals surface area contributed by atoms with E-state index in [4.69, 9.17) is 5.73 Å². The van der Waals surface area contributed by atoms with Crippen molar-refractivity contribution in [3.05, 3.63) is 65.5 Å². The number of aryl methyl sites for hydroxylation is 1. The molecule has 1 unspecified atom stereocenters. The van der Waals surface area contributed by atoms with Gasteiger partial charge in [0.05, 0.1) is 0 Å². The first-order chi connectivity index (χ1) is 10.1. The van der Waals surface area contributed by atoms with Gasteiger partial charge in [-0.3, -0.25) is 0 Å². The van der Waals surface area contributed by atoms with Crippen LogP contribution in [0.1, 0.15) is 30.5 Å². The Hall–Kier alpha value is -1.87. The minimum atomic E-state index is -0.223. The summed E-state index contributed by atoms with van der Waals surface area (Å²) in [5.74, 6) is -0.223. The van der Waals surface area contributed by atoms with Crippen molar-refractivity contribution >= 4 is 5.69 Å². The van der Waals surface area contributed by atoms with E-state index in [1.54, 1.807) is 12.1 Å². The van der Waals surface area contributed by atoms with Crippen LogP contribution >= 0.6 is 0 Å². The van der Waals surface area contributed by atoms with Crippen LogP contribution in [0.3, 0.4) is 0 Å². The molecule has 0 aliphatic carbocycles. The maximum absolute atomic E-state index is 12.9. The van der Waals surface area contributed by atoms with Crippen molar-refractivity contribution < 1.29 is 4.39 Å². The van der Waals surface area contributed by atoms with E-state index in [0.717, 1.165) is 24.9 Å². The zero-order chi connectivity index (χ0) is 15.2. The molecule has 2 nitrogen and oxygen atoms in total. The van der Waals surface area contributed by atoms with Gasteiger partial charge in [-0.1, -0.05) is 31.2 Å². The molecule has 0 amide bonds. The van der Waals surface area contributed by atoms with E-state index >= 15 is 0 Å². The van der Waals surface area contributed by atoms with Crippen molar-refractivity contribution in [2.24, 2.45) is 5.73 Å². The Morgan fingerprint density at radius 1 is 1.05 bits per heavy atom. The summed E-state index contributed by atoms with van der Waals surface area (Å²) in [6, 6.07) is 15.0. The molecule has 0 aromatic heterocycles. The third kappa shape index (κ3) is 4.30. The second-order valence-corrected chi connectivity index (χ2v) is 5.39. The van der Waals surface area contributed by atoms with Gasteiger partial charge in [0.1, 0.15) is 5.82 Å². The number of nitrogens with two attached hydrogens (primary N) is 1. The second kappa shape index (κ2) is 7.23. The van der Waals surface area contributed by atoms with Crippen LogP contribution in [-0.2, 0) is 6.42 Å². The van der Waals surface area contributed by atoms with Gasteiger partial charge in [0.25, 0.3) is 0 Å². The average Bonchev–Trinajstić information content (AvgIpc) is 2.53.